The van der Waals surface area contributed by atoms with Crippen LogP contribution in [-0.4, -0.2) is 64.7 Å². The molecule has 1 fully saturated rings. The molecule has 0 aliphatic carbocycles. The third-order valence-electron chi connectivity index (χ3n) is 9.31. The van der Waals surface area contributed by atoms with Crippen molar-refractivity contribution in [3.05, 3.63) is 77.3 Å². The van der Waals surface area contributed by atoms with Gasteiger partial charge < -0.3 is 23.8 Å². The van der Waals surface area contributed by atoms with E-state index in [1.54, 1.807) is 17.5 Å². The second-order valence-electron chi connectivity index (χ2n) is 14.4. The van der Waals surface area contributed by atoms with Crippen molar-refractivity contribution in [1.29, 1.82) is 0 Å². The summed E-state index contributed by atoms with van der Waals surface area (Å²) in [6, 6.07) is 13.2. The topological polar surface area (TPSA) is 87.4 Å². The van der Waals surface area contributed by atoms with Crippen LogP contribution in [0, 0.1) is 19.7 Å². The third kappa shape index (κ3) is 7.21. The predicted molar refractivity (Wildman–Crippen MR) is 189 cm³/mol. The maximum atomic E-state index is 15.9. The first-order valence-electron chi connectivity index (χ1n) is 17.0. The summed E-state index contributed by atoms with van der Waals surface area (Å²) in [5.41, 5.74) is 3.98. The average molecular weight is 671 g/mol. The molecular weight excluding hydrogens is 623 g/mol. The largest absolute Gasteiger partial charge is 0.490 e. The van der Waals surface area contributed by atoms with E-state index in [-0.39, 0.29) is 17.5 Å². The number of halogens is 1. The van der Waals surface area contributed by atoms with Gasteiger partial charge in [0.15, 0.2) is 11.8 Å². The van der Waals surface area contributed by atoms with Crippen molar-refractivity contribution >= 4 is 17.4 Å². The lowest BCUT2D eigenvalue weighted by Crippen LogP contribution is -2.45. The molecule has 0 amide bonds. The van der Waals surface area contributed by atoms with Crippen LogP contribution in [0.3, 0.4) is 0 Å². The van der Waals surface area contributed by atoms with Crippen molar-refractivity contribution in [3.63, 3.8) is 0 Å². The minimum atomic E-state index is -1.03. The van der Waals surface area contributed by atoms with Crippen LogP contribution in [0.2, 0.25) is 0 Å². The molecule has 49 heavy (non-hydrogen) atoms. The molecule has 2 aromatic carbocycles. The Balaban J connectivity index is 1.57. The monoisotopic (exact) mass is 670 g/mol. The van der Waals surface area contributed by atoms with Gasteiger partial charge in [0.05, 0.1) is 47.8 Å². The number of carbonyl (C=O) groups is 1. The fraction of sp³-hybridized carbons (Fsp3) is 0.462. The van der Waals surface area contributed by atoms with E-state index in [1.165, 1.54) is 7.11 Å². The van der Waals surface area contributed by atoms with Gasteiger partial charge in [-0.25, -0.2) is 14.2 Å². The number of carbonyl (C=O) groups excluding carboxylic acids is 1. The highest BCUT2D eigenvalue weighted by molar-refractivity contribution is 5.81. The van der Waals surface area contributed by atoms with Crippen molar-refractivity contribution < 1.29 is 28.1 Å². The summed E-state index contributed by atoms with van der Waals surface area (Å²) in [5.74, 6) is 0.384. The normalized spacial score (nSPS) is 21.2. The number of fused-ring (bicyclic) bond motifs is 7. The lowest BCUT2D eigenvalue weighted by molar-refractivity contribution is -0.164. The number of esters is 1. The van der Waals surface area contributed by atoms with Gasteiger partial charge in [-0.3, -0.25) is 0 Å². The number of anilines is 1. The van der Waals surface area contributed by atoms with E-state index in [2.05, 4.69) is 17.9 Å². The van der Waals surface area contributed by atoms with Crippen LogP contribution < -0.4 is 9.64 Å². The van der Waals surface area contributed by atoms with Crippen molar-refractivity contribution in [2.45, 2.75) is 91.1 Å². The molecule has 0 radical (unpaired) electrons. The number of nitrogens with zero attached hydrogens (tertiary/aromatic N) is 4. The Bertz CT molecular complexity index is 1890. The minimum Gasteiger partial charge on any atom is -0.490 e. The molecule has 0 spiro atoms. The molecule has 2 atom stereocenters. The highest BCUT2D eigenvalue weighted by atomic mass is 19.1. The van der Waals surface area contributed by atoms with Crippen LogP contribution in [0.25, 0.3) is 28.0 Å². The smallest absolute Gasteiger partial charge is 0.339 e. The Morgan fingerprint density at radius 1 is 1.08 bits per heavy atom. The van der Waals surface area contributed by atoms with Crippen molar-refractivity contribution in [2.75, 3.05) is 31.7 Å². The molecular formula is C39H47FN4O5. The molecule has 6 bridgehead atoms. The van der Waals surface area contributed by atoms with Gasteiger partial charge in [0.1, 0.15) is 17.4 Å². The Kier molecular flexibility index (Phi) is 9.57. The molecule has 3 aliphatic heterocycles. The zero-order valence-corrected chi connectivity index (χ0v) is 29.8. The summed E-state index contributed by atoms with van der Waals surface area (Å²) in [6.07, 6.45) is 5.07. The van der Waals surface area contributed by atoms with E-state index >= 15 is 4.39 Å². The molecule has 7 rings (SSSR count). The molecule has 260 valence electrons. The fourth-order valence-electron chi connectivity index (χ4n) is 6.62. The number of aromatic nitrogens is 3. The molecule has 4 aromatic rings. The number of ether oxygens (including phenoxy) is 4. The van der Waals surface area contributed by atoms with Gasteiger partial charge in [0.25, 0.3) is 0 Å². The molecule has 9 nitrogen and oxygen atoms in total. The van der Waals surface area contributed by atoms with Crippen LogP contribution in [0.1, 0.15) is 76.8 Å². The van der Waals surface area contributed by atoms with E-state index in [0.29, 0.717) is 71.2 Å². The quantitative estimate of drug-likeness (QED) is 0.160. The van der Waals surface area contributed by atoms with Gasteiger partial charge in [-0.2, -0.15) is 9.61 Å². The van der Waals surface area contributed by atoms with Crippen LogP contribution >= 0.6 is 0 Å². The van der Waals surface area contributed by atoms with Crippen LogP contribution in [0.15, 0.2) is 54.6 Å². The number of hydrogen-bond acceptors (Lipinski definition) is 8. The molecule has 10 heteroatoms. The first-order chi connectivity index (χ1) is 23.3. The fourth-order valence-corrected chi connectivity index (χ4v) is 6.62. The van der Waals surface area contributed by atoms with Gasteiger partial charge in [-0.05, 0) is 84.6 Å². The molecule has 1 saturated heterocycles. The number of hydrogen-bond donors (Lipinski definition) is 0. The van der Waals surface area contributed by atoms with Crippen molar-refractivity contribution in [1.82, 2.24) is 14.6 Å². The first kappa shape index (κ1) is 34.6. The average Bonchev–Trinajstić information content (AvgIpc) is 3.48. The van der Waals surface area contributed by atoms with Gasteiger partial charge in [0.2, 0.25) is 0 Å². The second kappa shape index (κ2) is 13.6. The van der Waals surface area contributed by atoms with Crippen LogP contribution in [0.5, 0.6) is 5.75 Å². The standard InChI is InChI=1S/C39H47FN4O5/c1-24-15-16-30-33(34(24)40)28-14-11-13-27(22-28)29-23-31-41-26(3)32(35(37(45)46-8)49-38(4,5)6)36(44(31)42-29)43-19-17-39(7,18-20-43)47-21-10-9-12-25(2)48-30/h9-11,13-16,22-23,25,35H,12,17-21H2,1-8H3/b10-9-/t25-,35-/m0/s1. The first-order valence-corrected chi connectivity index (χ1v) is 17.0. The maximum absolute atomic E-state index is 15.9. The molecule has 0 N–H and O–H groups in total. The number of piperidine rings is 1. The van der Waals surface area contributed by atoms with E-state index in [4.69, 9.17) is 29.0 Å². The van der Waals surface area contributed by atoms with Crippen molar-refractivity contribution in [2.24, 2.45) is 0 Å². The molecule has 3 aliphatic rings. The van der Waals surface area contributed by atoms with E-state index in [1.807, 2.05) is 77.1 Å². The van der Waals surface area contributed by atoms with E-state index in [9.17, 15) is 4.79 Å². The number of rotatable bonds is 3. The van der Waals surface area contributed by atoms with Crippen molar-refractivity contribution in [3.8, 4) is 28.1 Å². The van der Waals surface area contributed by atoms with Gasteiger partial charge in [0, 0.05) is 36.8 Å². The molecule has 5 heterocycles. The van der Waals surface area contributed by atoms with Gasteiger partial charge >= 0.3 is 5.97 Å². The summed E-state index contributed by atoms with van der Waals surface area (Å²) in [5, 5.41) is 5.10. The second-order valence-corrected chi connectivity index (χ2v) is 14.4. The van der Waals surface area contributed by atoms with E-state index in [0.717, 1.165) is 24.2 Å². The third-order valence-corrected chi connectivity index (χ3v) is 9.31. The van der Waals surface area contributed by atoms with E-state index < -0.39 is 17.7 Å². The summed E-state index contributed by atoms with van der Waals surface area (Å²) in [7, 11) is 1.37. The zero-order valence-electron chi connectivity index (χ0n) is 29.8. The molecule has 0 unspecified atom stereocenters. The van der Waals surface area contributed by atoms with Crippen LogP contribution in [-0.2, 0) is 19.0 Å². The van der Waals surface area contributed by atoms with Gasteiger partial charge in [-0.15, -0.1) is 0 Å². The Labute approximate surface area is 288 Å². The Morgan fingerprint density at radius 3 is 2.53 bits per heavy atom. The number of aryl methyl sites for hydroxylation is 2. The number of methoxy groups -OCH3 is 1. The zero-order chi connectivity index (χ0) is 35.1. The SMILES string of the molecule is COC(=O)[C@@H](OC(C)(C)C)c1c(C)nc2cc3nn2c1N1CCC(C)(CC1)OC/C=C\C[C@H](C)Oc1ccc(C)c(F)c1-c1cccc-3c1. The van der Waals surface area contributed by atoms with Crippen LogP contribution in [0.4, 0.5) is 10.2 Å². The summed E-state index contributed by atoms with van der Waals surface area (Å²) in [6.45, 7) is 15.3. The summed E-state index contributed by atoms with van der Waals surface area (Å²) >= 11 is 0. The minimum absolute atomic E-state index is 0.179. The molecule has 2 aromatic heterocycles. The summed E-state index contributed by atoms with van der Waals surface area (Å²) < 4.78 is 42.2. The lowest BCUT2D eigenvalue weighted by atomic mass is 9.92. The number of benzene rings is 2. The highest BCUT2D eigenvalue weighted by Gasteiger charge is 2.38. The lowest BCUT2D eigenvalue weighted by Gasteiger charge is -2.41. The molecule has 0 saturated carbocycles. The van der Waals surface area contributed by atoms with Gasteiger partial charge in [-0.1, -0.05) is 36.4 Å². The highest BCUT2D eigenvalue weighted by Crippen LogP contribution is 2.40. The predicted octanol–water partition coefficient (Wildman–Crippen LogP) is 7.95. The Morgan fingerprint density at radius 2 is 1.82 bits per heavy atom. The Hall–Kier alpha value is -4.28. The maximum Gasteiger partial charge on any atom is 0.339 e. The summed E-state index contributed by atoms with van der Waals surface area (Å²) in [4.78, 5) is 20.6.